The van der Waals surface area contributed by atoms with Crippen LogP contribution in [0.5, 0.6) is 0 Å². The first-order chi connectivity index (χ1) is 25.1. The van der Waals surface area contributed by atoms with Crippen molar-refractivity contribution >= 4 is 39.3 Å². The van der Waals surface area contributed by atoms with E-state index in [9.17, 15) is 40.4 Å². The number of benzene rings is 4. The molecule has 0 unspecified atom stereocenters. The van der Waals surface area contributed by atoms with Crippen molar-refractivity contribution < 1.29 is 40.0 Å². The van der Waals surface area contributed by atoms with Crippen LogP contribution in [-0.2, 0) is 34.0 Å². The minimum Gasteiger partial charge on any atom is -0.325 e. The van der Waals surface area contributed by atoms with E-state index in [2.05, 4.69) is 10.4 Å². The molecular formula is C36H32F5N5O5S2. The number of rotatable bonds is 13. The number of halogens is 5. The van der Waals surface area contributed by atoms with Crippen LogP contribution in [0.4, 0.5) is 27.6 Å². The highest BCUT2D eigenvalue weighted by atomic mass is 32.2. The summed E-state index contributed by atoms with van der Waals surface area (Å²) in [6, 6.07) is 16.8. The summed E-state index contributed by atoms with van der Waals surface area (Å²) < 4.78 is 103. The van der Waals surface area contributed by atoms with Crippen molar-refractivity contribution in [1.82, 2.24) is 19.1 Å². The molecule has 0 saturated carbocycles. The number of amides is 2. The van der Waals surface area contributed by atoms with Crippen molar-refractivity contribution in [3.63, 3.8) is 0 Å². The lowest BCUT2D eigenvalue weighted by atomic mass is 10.0. The normalized spacial score (nSPS) is 11.8. The van der Waals surface area contributed by atoms with Crippen LogP contribution < -0.4 is 15.7 Å². The van der Waals surface area contributed by atoms with Crippen molar-refractivity contribution in [3.8, 4) is 16.8 Å². The number of alkyl halides is 3. The summed E-state index contributed by atoms with van der Waals surface area (Å²) >= 11 is 1.21. The maximum Gasteiger partial charge on any atom is 0.418 e. The van der Waals surface area contributed by atoms with Crippen LogP contribution in [0, 0.1) is 11.6 Å². The van der Waals surface area contributed by atoms with Gasteiger partial charge < -0.3 is 5.32 Å². The number of carbonyl (C=O) groups is 2. The highest BCUT2D eigenvalue weighted by Gasteiger charge is 2.35. The standard InChI is InChI=1S/C36H32F5N5O5S2/c1-3-4-13-32-43-46(30-19-24(42-33(47)21-52-2)16-17-27(30)36(39,40)41)35(49)45(32)20-23-15-14-22(18-29(23)38)25-9-6-8-12-31(25)53(50,51)44-34(48)26-10-5-7-11-28(26)37/h5-12,14-19H,3-4,13,20-21H2,1-2H3,(H,42,47)(H,44,48). The zero-order valence-electron chi connectivity index (χ0n) is 28.2. The molecule has 0 fully saturated rings. The molecule has 0 spiro atoms. The molecule has 0 aliphatic carbocycles. The summed E-state index contributed by atoms with van der Waals surface area (Å²) in [5.41, 5.74) is -3.25. The summed E-state index contributed by atoms with van der Waals surface area (Å²) in [5, 5.41) is 6.74. The van der Waals surface area contributed by atoms with Gasteiger partial charge in [-0.15, -0.1) is 5.10 Å². The van der Waals surface area contributed by atoms with E-state index in [0.29, 0.717) is 17.5 Å². The van der Waals surface area contributed by atoms with Crippen LogP contribution in [0.2, 0.25) is 0 Å². The lowest BCUT2D eigenvalue weighted by Crippen LogP contribution is -2.31. The number of anilines is 1. The first-order valence-electron chi connectivity index (χ1n) is 16.0. The highest BCUT2D eigenvalue weighted by molar-refractivity contribution is 7.99. The number of aromatic nitrogens is 3. The molecule has 2 N–H and O–H groups in total. The average Bonchev–Trinajstić information content (AvgIpc) is 3.41. The monoisotopic (exact) mass is 773 g/mol. The van der Waals surface area contributed by atoms with E-state index in [0.717, 1.165) is 41.0 Å². The zero-order chi connectivity index (χ0) is 38.5. The average molecular weight is 774 g/mol. The summed E-state index contributed by atoms with van der Waals surface area (Å²) in [7, 11) is -4.59. The van der Waals surface area contributed by atoms with E-state index in [-0.39, 0.29) is 40.4 Å². The quantitative estimate of drug-likeness (QED) is 0.126. The zero-order valence-corrected chi connectivity index (χ0v) is 29.8. The summed E-state index contributed by atoms with van der Waals surface area (Å²) in [6.45, 7) is 1.43. The molecule has 4 aromatic carbocycles. The molecule has 278 valence electrons. The lowest BCUT2D eigenvalue weighted by molar-refractivity contribution is -0.137. The van der Waals surface area contributed by atoms with E-state index < -0.39 is 73.6 Å². The molecule has 0 bridgehead atoms. The SMILES string of the molecule is CCCCc1nn(-c2cc(NC(=O)CSC)ccc2C(F)(F)F)c(=O)n1Cc1ccc(-c2ccccc2S(=O)(=O)NC(=O)c2ccccc2F)cc1F. The number of nitrogens with one attached hydrogen (secondary N) is 2. The number of sulfonamides is 1. The largest absolute Gasteiger partial charge is 0.418 e. The van der Waals surface area contributed by atoms with Crippen molar-refractivity contribution in [2.24, 2.45) is 0 Å². The molecule has 0 radical (unpaired) electrons. The summed E-state index contributed by atoms with van der Waals surface area (Å²) in [5.74, 6) is -3.34. The molecule has 17 heteroatoms. The van der Waals surface area contributed by atoms with Gasteiger partial charge in [0.25, 0.3) is 15.9 Å². The van der Waals surface area contributed by atoms with Gasteiger partial charge in [0.2, 0.25) is 5.91 Å². The number of hydrogen-bond acceptors (Lipinski definition) is 7. The topological polar surface area (TPSA) is 132 Å². The Labute approximate surface area is 305 Å². The highest BCUT2D eigenvalue weighted by Crippen LogP contribution is 2.35. The number of aryl methyl sites for hydroxylation is 1. The van der Waals surface area contributed by atoms with Gasteiger partial charge in [0.05, 0.1) is 34.0 Å². The van der Waals surface area contributed by atoms with Gasteiger partial charge in [-0.1, -0.05) is 55.8 Å². The first-order valence-corrected chi connectivity index (χ1v) is 18.9. The maximum absolute atomic E-state index is 15.8. The van der Waals surface area contributed by atoms with Crippen molar-refractivity contribution in [1.29, 1.82) is 0 Å². The Hall–Kier alpha value is -5.29. The first kappa shape index (κ1) is 38.9. The molecule has 0 atom stereocenters. The Kier molecular flexibility index (Phi) is 11.9. The number of nitrogens with zero attached hydrogens (tertiary/aromatic N) is 3. The second-order valence-electron chi connectivity index (χ2n) is 11.7. The number of thioether (sulfide) groups is 1. The lowest BCUT2D eigenvalue weighted by Gasteiger charge is -2.14. The third kappa shape index (κ3) is 8.85. The molecule has 53 heavy (non-hydrogen) atoms. The fourth-order valence-corrected chi connectivity index (χ4v) is 6.99. The molecule has 0 aliphatic heterocycles. The molecule has 10 nitrogen and oxygen atoms in total. The van der Waals surface area contributed by atoms with Crippen molar-refractivity contribution in [3.05, 3.63) is 130 Å². The Morgan fingerprint density at radius 3 is 2.32 bits per heavy atom. The fourth-order valence-electron chi connectivity index (χ4n) is 5.46. The van der Waals surface area contributed by atoms with E-state index in [1.54, 1.807) is 6.26 Å². The van der Waals surface area contributed by atoms with Crippen LogP contribution in [-0.4, -0.2) is 46.6 Å². The maximum atomic E-state index is 15.8. The molecule has 1 aromatic heterocycles. The van der Waals surface area contributed by atoms with Crippen LogP contribution in [0.3, 0.4) is 0 Å². The molecule has 0 saturated heterocycles. The number of carbonyl (C=O) groups excluding carboxylic acids is 2. The third-order valence-electron chi connectivity index (χ3n) is 8.00. The number of unbranched alkanes of at least 4 members (excludes halogenated alkanes) is 1. The van der Waals surface area contributed by atoms with E-state index in [1.165, 1.54) is 60.3 Å². The van der Waals surface area contributed by atoms with Gasteiger partial charge in [-0.05, 0) is 60.7 Å². The van der Waals surface area contributed by atoms with Gasteiger partial charge in [0.1, 0.15) is 17.5 Å². The van der Waals surface area contributed by atoms with Crippen LogP contribution >= 0.6 is 11.8 Å². The van der Waals surface area contributed by atoms with Gasteiger partial charge in [0.15, 0.2) is 0 Å². The summed E-state index contributed by atoms with van der Waals surface area (Å²) in [6.07, 6.45) is -1.88. The summed E-state index contributed by atoms with van der Waals surface area (Å²) in [4.78, 5) is 38.2. The van der Waals surface area contributed by atoms with Gasteiger partial charge in [-0.2, -0.15) is 29.6 Å². The third-order valence-corrected chi connectivity index (χ3v) is 9.94. The molecule has 0 aliphatic rings. The molecule has 2 amide bonds. The second kappa shape index (κ2) is 16.2. The van der Waals surface area contributed by atoms with Gasteiger partial charge in [0, 0.05) is 23.2 Å². The number of hydrogen-bond donors (Lipinski definition) is 2. The van der Waals surface area contributed by atoms with Crippen LogP contribution in [0.1, 0.15) is 47.1 Å². The smallest absolute Gasteiger partial charge is 0.325 e. The van der Waals surface area contributed by atoms with Gasteiger partial charge >= 0.3 is 11.9 Å². The van der Waals surface area contributed by atoms with Gasteiger partial charge in [-0.3, -0.25) is 14.2 Å². The van der Waals surface area contributed by atoms with Gasteiger partial charge in [-0.25, -0.2) is 26.7 Å². The van der Waals surface area contributed by atoms with Crippen LogP contribution in [0.15, 0.2) is 94.6 Å². The van der Waals surface area contributed by atoms with E-state index in [4.69, 9.17) is 0 Å². The molecule has 5 aromatic rings. The van der Waals surface area contributed by atoms with Crippen molar-refractivity contribution in [2.75, 3.05) is 17.3 Å². The predicted octanol–water partition coefficient (Wildman–Crippen LogP) is 6.81. The second-order valence-corrected chi connectivity index (χ2v) is 14.2. The minimum atomic E-state index is -4.89. The fraction of sp³-hybridized carbons (Fsp3) is 0.222. The Bertz CT molecular complexity index is 2340. The Morgan fingerprint density at radius 1 is 0.925 bits per heavy atom. The molecule has 1 heterocycles. The predicted molar refractivity (Wildman–Crippen MR) is 190 cm³/mol. The Morgan fingerprint density at radius 2 is 1.64 bits per heavy atom. The molecular weight excluding hydrogens is 742 g/mol. The molecule has 5 rings (SSSR count). The van der Waals surface area contributed by atoms with E-state index >= 15 is 4.39 Å². The van der Waals surface area contributed by atoms with Crippen LogP contribution in [0.25, 0.3) is 16.8 Å². The Balaban J connectivity index is 1.51. The van der Waals surface area contributed by atoms with E-state index in [1.807, 2.05) is 11.6 Å². The van der Waals surface area contributed by atoms with Crippen molar-refractivity contribution in [2.45, 2.75) is 43.8 Å². The minimum absolute atomic E-state index is 0.00425.